The molecule has 0 aliphatic carbocycles. The molecule has 0 atom stereocenters. The number of pyridine rings is 1. The SMILES string of the molecule is CCOC(=O)Cn1nnnc1CN(Cc1ccc2c(c1)OCO2)Cc1cc2cc(OC)ccc2[nH]c1=O. The van der Waals surface area contributed by atoms with E-state index < -0.39 is 5.97 Å². The zero-order chi connectivity index (χ0) is 25.8. The van der Waals surface area contributed by atoms with Gasteiger partial charge in [-0.15, -0.1) is 5.10 Å². The zero-order valence-electron chi connectivity index (χ0n) is 20.5. The number of hydrogen-bond acceptors (Lipinski definition) is 10. The summed E-state index contributed by atoms with van der Waals surface area (Å²) in [6.07, 6.45) is 0. The number of carbonyl (C=O) groups excluding carboxylic acids is 1. The second kappa shape index (κ2) is 10.7. The number of benzene rings is 2. The minimum Gasteiger partial charge on any atom is -0.497 e. The van der Waals surface area contributed by atoms with Crippen LogP contribution >= 0.6 is 0 Å². The maximum atomic E-state index is 13.0. The molecule has 0 fully saturated rings. The lowest BCUT2D eigenvalue weighted by Gasteiger charge is -2.22. The first-order valence-electron chi connectivity index (χ1n) is 11.7. The van der Waals surface area contributed by atoms with Crippen LogP contribution in [0.5, 0.6) is 17.2 Å². The van der Waals surface area contributed by atoms with Crippen molar-refractivity contribution in [2.45, 2.75) is 33.1 Å². The smallest absolute Gasteiger partial charge is 0.327 e. The molecule has 12 nitrogen and oxygen atoms in total. The van der Waals surface area contributed by atoms with Crippen LogP contribution in [0.2, 0.25) is 0 Å². The molecule has 1 N–H and O–H groups in total. The first kappa shape index (κ1) is 24.3. The molecule has 0 saturated carbocycles. The van der Waals surface area contributed by atoms with Gasteiger partial charge in [-0.1, -0.05) is 6.07 Å². The highest BCUT2D eigenvalue weighted by Gasteiger charge is 2.19. The highest BCUT2D eigenvalue weighted by atomic mass is 16.7. The van der Waals surface area contributed by atoms with Crippen LogP contribution < -0.4 is 19.8 Å². The topological polar surface area (TPSA) is 134 Å². The third kappa shape index (κ3) is 5.54. The van der Waals surface area contributed by atoms with Crippen molar-refractivity contribution in [1.82, 2.24) is 30.1 Å². The van der Waals surface area contributed by atoms with Crippen molar-refractivity contribution in [3.63, 3.8) is 0 Å². The number of rotatable bonds is 10. The van der Waals surface area contributed by atoms with Gasteiger partial charge in [0.05, 0.1) is 20.3 Å². The molecule has 0 spiro atoms. The van der Waals surface area contributed by atoms with Crippen LogP contribution in [0.15, 0.2) is 47.3 Å². The van der Waals surface area contributed by atoms with Gasteiger partial charge in [0.1, 0.15) is 12.3 Å². The summed E-state index contributed by atoms with van der Waals surface area (Å²) in [5, 5.41) is 12.6. The molecule has 1 aliphatic heterocycles. The van der Waals surface area contributed by atoms with Crippen LogP contribution in [0.25, 0.3) is 10.9 Å². The maximum Gasteiger partial charge on any atom is 0.327 e. The third-order valence-corrected chi connectivity index (χ3v) is 5.92. The van der Waals surface area contributed by atoms with Crippen molar-refractivity contribution in [1.29, 1.82) is 0 Å². The van der Waals surface area contributed by atoms with Crippen LogP contribution in [0.1, 0.15) is 23.9 Å². The largest absolute Gasteiger partial charge is 0.497 e. The van der Waals surface area contributed by atoms with Crippen molar-refractivity contribution in [3.05, 3.63) is 69.8 Å². The Balaban J connectivity index is 1.45. The number of carbonyl (C=O) groups is 1. The van der Waals surface area contributed by atoms with Crippen LogP contribution in [-0.2, 0) is 35.7 Å². The standard InChI is InChI=1S/C25H26N6O6/c1-3-35-24(32)14-31-23(27-28-29-31)13-30(11-16-4-7-21-22(8-16)37-15-36-21)12-18-9-17-10-19(34-2)5-6-20(17)26-25(18)33/h4-10H,3,11-15H2,1-2H3,(H,26,33). The fourth-order valence-electron chi connectivity index (χ4n) is 4.17. The number of aromatic nitrogens is 5. The Bertz CT molecular complexity index is 1480. The van der Waals surface area contributed by atoms with E-state index in [1.165, 1.54) is 4.68 Å². The molecule has 0 radical (unpaired) electrons. The Morgan fingerprint density at radius 3 is 2.81 bits per heavy atom. The molecular formula is C25H26N6O6. The van der Waals surface area contributed by atoms with Gasteiger partial charge in [-0.25, -0.2) is 4.68 Å². The molecule has 0 unspecified atom stereocenters. The van der Waals surface area contributed by atoms with Gasteiger partial charge < -0.3 is 23.9 Å². The molecule has 5 rings (SSSR count). The van der Waals surface area contributed by atoms with E-state index in [0.717, 1.165) is 16.5 Å². The van der Waals surface area contributed by atoms with Gasteiger partial charge in [0, 0.05) is 29.6 Å². The van der Waals surface area contributed by atoms with E-state index in [2.05, 4.69) is 20.5 Å². The number of nitrogens with zero attached hydrogens (tertiary/aromatic N) is 5. The van der Waals surface area contributed by atoms with Gasteiger partial charge in [0.2, 0.25) is 6.79 Å². The number of hydrogen-bond donors (Lipinski definition) is 1. The number of fused-ring (bicyclic) bond motifs is 2. The molecule has 0 saturated heterocycles. The second-order valence-corrected chi connectivity index (χ2v) is 8.47. The molecule has 2 aromatic carbocycles. The maximum absolute atomic E-state index is 13.0. The summed E-state index contributed by atoms with van der Waals surface area (Å²) < 4.78 is 22.7. The monoisotopic (exact) mass is 506 g/mol. The molecule has 1 aliphatic rings. The van der Waals surface area contributed by atoms with Crippen LogP contribution in [-0.4, -0.2) is 56.6 Å². The van der Waals surface area contributed by atoms with Crippen molar-refractivity contribution in [3.8, 4) is 17.2 Å². The molecule has 0 amide bonds. The summed E-state index contributed by atoms with van der Waals surface area (Å²) in [4.78, 5) is 29.9. The number of aromatic amines is 1. The second-order valence-electron chi connectivity index (χ2n) is 8.47. The summed E-state index contributed by atoms with van der Waals surface area (Å²) in [6.45, 7) is 3.10. The lowest BCUT2D eigenvalue weighted by atomic mass is 10.1. The Morgan fingerprint density at radius 1 is 1.11 bits per heavy atom. The first-order valence-corrected chi connectivity index (χ1v) is 11.7. The van der Waals surface area contributed by atoms with Crippen LogP contribution in [0.4, 0.5) is 0 Å². The Morgan fingerprint density at radius 2 is 1.97 bits per heavy atom. The number of nitrogens with one attached hydrogen (secondary N) is 1. The molecule has 12 heteroatoms. The summed E-state index contributed by atoms with van der Waals surface area (Å²) in [6, 6.07) is 13.0. The lowest BCUT2D eigenvalue weighted by Crippen LogP contribution is -2.28. The van der Waals surface area contributed by atoms with Crippen molar-refractivity contribution >= 4 is 16.9 Å². The molecular weight excluding hydrogens is 480 g/mol. The van der Waals surface area contributed by atoms with Crippen LogP contribution in [0.3, 0.4) is 0 Å². The van der Waals surface area contributed by atoms with Crippen molar-refractivity contribution < 1.29 is 23.7 Å². The van der Waals surface area contributed by atoms with Gasteiger partial charge in [-0.3, -0.25) is 14.5 Å². The average molecular weight is 507 g/mol. The predicted octanol–water partition coefficient (Wildman–Crippen LogP) is 2.02. The van der Waals surface area contributed by atoms with E-state index in [1.54, 1.807) is 20.1 Å². The highest BCUT2D eigenvalue weighted by Crippen LogP contribution is 2.33. The molecule has 192 valence electrons. The molecule has 0 bridgehead atoms. The predicted molar refractivity (Wildman–Crippen MR) is 131 cm³/mol. The van der Waals surface area contributed by atoms with Gasteiger partial charge >= 0.3 is 5.97 Å². The summed E-state index contributed by atoms with van der Waals surface area (Å²) in [5.41, 5.74) is 2.04. The third-order valence-electron chi connectivity index (χ3n) is 5.92. The number of H-pyrrole nitrogens is 1. The summed E-state index contributed by atoms with van der Waals surface area (Å²) in [7, 11) is 1.60. The summed E-state index contributed by atoms with van der Waals surface area (Å²) in [5.74, 6) is 2.08. The first-order chi connectivity index (χ1) is 18.0. The van der Waals surface area contributed by atoms with Gasteiger partial charge in [0.15, 0.2) is 17.3 Å². The van der Waals surface area contributed by atoms with E-state index in [1.807, 2.05) is 41.3 Å². The number of tetrazole rings is 1. The summed E-state index contributed by atoms with van der Waals surface area (Å²) >= 11 is 0. The Hall–Kier alpha value is -4.45. The molecule has 2 aromatic heterocycles. The van der Waals surface area contributed by atoms with Crippen molar-refractivity contribution in [2.24, 2.45) is 0 Å². The normalized spacial score (nSPS) is 12.3. The molecule has 4 aromatic rings. The lowest BCUT2D eigenvalue weighted by molar-refractivity contribution is -0.144. The average Bonchev–Trinajstić information content (AvgIpc) is 3.53. The van der Waals surface area contributed by atoms with Crippen molar-refractivity contribution in [2.75, 3.05) is 20.5 Å². The Labute approximate surface area is 211 Å². The fourth-order valence-corrected chi connectivity index (χ4v) is 4.17. The zero-order valence-corrected chi connectivity index (χ0v) is 20.5. The minimum atomic E-state index is -0.432. The van der Waals surface area contributed by atoms with Gasteiger partial charge in [-0.2, -0.15) is 0 Å². The highest BCUT2D eigenvalue weighted by molar-refractivity contribution is 5.80. The van der Waals surface area contributed by atoms with E-state index in [0.29, 0.717) is 41.7 Å². The minimum absolute atomic E-state index is 0.107. The number of ether oxygens (including phenoxy) is 4. The van der Waals surface area contributed by atoms with Gasteiger partial charge in [0.25, 0.3) is 5.56 Å². The fraction of sp³-hybridized carbons (Fsp3) is 0.320. The van der Waals surface area contributed by atoms with E-state index in [-0.39, 0.29) is 32.0 Å². The van der Waals surface area contributed by atoms with Gasteiger partial charge in [-0.05, 0) is 59.3 Å². The molecule has 37 heavy (non-hydrogen) atoms. The number of esters is 1. The molecule has 3 heterocycles. The van der Waals surface area contributed by atoms with E-state index in [9.17, 15) is 9.59 Å². The van der Waals surface area contributed by atoms with E-state index in [4.69, 9.17) is 18.9 Å². The quantitative estimate of drug-likeness (QED) is 0.318. The van der Waals surface area contributed by atoms with E-state index >= 15 is 0 Å². The van der Waals surface area contributed by atoms with Crippen LogP contribution in [0, 0.1) is 0 Å². The Kier molecular flexibility index (Phi) is 6.99. The number of methoxy groups -OCH3 is 1.